The molecule has 12 heteroatoms. The number of hydrogen-bond acceptors (Lipinski definition) is 7. The Bertz CT molecular complexity index is 1720. The van der Waals surface area contributed by atoms with Gasteiger partial charge in [-0.1, -0.05) is 12.1 Å². The van der Waals surface area contributed by atoms with Crippen LogP contribution < -0.4 is 16.6 Å². The van der Waals surface area contributed by atoms with Gasteiger partial charge >= 0.3 is 11.7 Å². The summed E-state index contributed by atoms with van der Waals surface area (Å²) in [7, 11) is 3.12. The number of hydrogen-bond donors (Lipinski definition) is 1. The van der Waals surface area contributed by atoms with E-state index in [1.807, 2.05) is 0 Å². The van der Waals surface area contributed by atoms with Crippen LogP contribution in [-0.2, 0) is 16.1 Å². The molecule has 2 heterocycles. The number of esters is 1. The summed E-state index contributed by atoms with van der Waals surface area (Å²) in [5.74, 6) is -2.21. The highest BCUT2D eigenvalue weighted by atomic mass is 32.1. The lowest BCUT2D eigenvalue weighted by Gasteiger charge is -2.14. The zero-order chi connectivity index (χ0) is 28.4. The Kier molecular flexibility index (Phi) is 7.77. The van der Waals surface area contributed by atoms with E-state index in [0.717, 1.165) is 32.6 Å². The molecule has 0 aliphatic rings. The first-order valence-electron chi connectivity index (χ1n) is 11.9. The molecule has 0 aliphatic carbocycles. The summed E-state index contributed by atoms with van der Waals surface area (Å²) in [6.07, 6.45) is 0. The van der Waals surface area contributed by atoms with Gasteiger partial charge in [0.15, 0.2) is 0 Å². The summed E-state index contributed by atoms with van der Waals surface area (Å²) < 4.78 is 20.6. The Labute approximate surface area is 225 Å². The second-order valence-corrected chi connectivity index (χ2v) is 9.73. The number of para-hydroxylation sites is 1. The topological polar surface area (TPSA) is 120 Å². The standard InChI is InChI=1S/C27H25FN4O6S/c1-5-38-26(36)18-8-6-7-9-19(18)29-20(33)14-31-25-21(15(2)22(39-25)24(35)30(3)4)23(34)32(27(31)37)17-12-10-16(28)11-13-17/h6-13H,5,14H2,1-4H3,(H,29,33). The summed E-state index contributed by atoms with van der Waals surface area (Å²) in [4.78, 5) is 67.3. The highest BCUT2D eigenvalue weighted by molar-refractivity contribution is 7.20. The number of carbonyl (C=O) groups excluding carboxylic acids is 3. The molecule has 0 atom stereocenters. The Morgan fingerprint density at radius 1 is 1.05 bits per heavy atom. The predicted molar refractivity (Wildman–Crippen MR) is 145 cm³/mol. The Morgan fingerprint density at radius 2 is 1.72 bits per heavy atom. The zero-order valence-corrected chi connectivity index (χ0v) is 22.4. The molecule has 4 aromatic rings. The van der Waals surface area contributed by atoms with E-state index in [0.29, 0.717) is 5.56 Å². The summed E-state index contributed by atoms with van der Waals surface area (Å²) in [6, 6.07) is 11.0. The molecule has 2 aromatic heterocycles. The van der Waals surface area contributed by atoms with Crippen molar-refractivity contribution in [2.75, 3.05) is 26.0 Å². The Balaban J connectivity index is 1.88. The minimum absolute atomic E-state index is 0.0915. The number of rotatable bonds is 7. The van der Waals surface area contributed by atoms with E-state index >= 15 is 0 Å². The lowest BCUT2D eigenvalue weighted by molar-refractivity contribution is -0.116. The molecule has 10 nitrogen and oxygen atoms in total. The first-order valence-corrected chi connectivity index (χ1v) is 12.7. The molecule has 202 valence electrons. The summed E-state index contributed by atoms with van der Waals surface area (Å²) in [5.41, 5.74) is -0.775. The number of aryl methyl sites for hydroxylation is 1. The maximum Gasteiger partial charge on any atom is 0.340 e. The quantitative estimate of drug-likeness (QED) is 0.352. The molecule has 0 unspecified atom stereocenters. The van der Waals surface area contributed by atoms with E-state index < -0.39 is 35.5 Å². The lowest BCUT2D eigenvalue weighted by Crippen LogP contribution is -2.40. The number of benzene rings is 2. The molecule has 4 rings (SSSR count). The molecule has 2 aromatic carbocycles. The fraction of sp³-hybridized carbons (Fsp3) is 0.222. The minimum Gasteiger partial charge on any atom is -0.462 e. The van der Waals surface area contributed by atoms with Gasteiger partial charge < -0.3 is 15.0 Å². The van der Waals surface area contributed by atoms with E-state index in [-0.39, 0.29) is 44.5 Å². The molecular weight excluding hydrogens is 527 g/mol. The number of thiophene rings is 1. The summed E-state index contributed by atoms with van der Waals surface area (Å²) in [6.45, 7) is 2.86. The van der Waals surface area contributed by atoms with E-state index in [2.05, 4.69) is 5.32 Å². The second-order valence-electron chi connectivity index (χ2n) is 8.74. The van der Waals surface area contributed by atoms with Gasteiger partial charge in [0.2, 0.25) is 5.91 Å². The highest BCUT2D eigenvalue weighted by Crippen LogP contribution is 2.29. The molecule has 0 aliphatic heterocycles. The summed E-state index contributed by atoms with van der Waals surface area (Å²) in [5, 5.41) is 2.72. The van der Waals surface area contributed by atoms with Gasteiger partial charge in [-0.2, -0.15) is 0 Å². The predicted octanol–water partition coefficient (Wildman–Crippen LogP) is 3.18. The minimum atomic E-state index is -0.849. The van der Waals surface area contributed by atoms with Crippen molar-refractivity contribution in [3.63, 3.8) is 0 Å². The van der Waals surface area contributed by atoms with Gasteiger partial charge in [0, 0.05) is 14.1 Å². The number of halogens is 1. The number of fused-ring (bicyclic) bond motifs is 1. The van der Waals surface area contributed by atoms with Crippen molar-refractivity contribution in [2.45, 2.75) is 20.4 Å². The number of ether oxygens (including phenoxy) is 1. The third-order valence-corrected chi connectivity index (χ3v) is 7.20. The normalized spacial score (nSPS) is 10.9. The van der Waals surface area contributed by atoms with Crippen molar-refractivity contribution >= 4 is 45.0 Å². The third kappa shape index (κ3) is 5.23. The zero-order valence-electron chi connectivity index (χ0n) is 21.6. The fourth-order valence-electron chi connectivity index (χ4n) is 4.02. The van der Waals surface area contributed by atoms with E-state index in [4.69, 9.17) is 4.74 Å². The number of nitrogens with one attached hydrogen (secondary N) is 1. The largest absolute Gasteiger partial charge is 0.462 e. The molecule has 1 N–H and O–H groups in total. The van der Waals surface area contributed by atoms with Crippen molar-refractivity contribution in [1.29, 1.82) is 0 Å². The second kappa shape index (κ2) is 11.0. The van der Waals surface area contributed by atoms with Crippen LogP contribution in [0.4, 0.5) is 10.1 Å². The monoisotopic (exact) mass is 552 g/mol. The maximum atomic E-state index is 13.7. The first-order chi connectivity index (χ1) is 18.5. The van der Waals surface area contributed by atoms with Crippen LogP contribution >= 0.6 is 11.3 Å². The van der Waals surface area contributed by atoms with E-state index in [9.17, 15) is 28.4 Å². The van der Waals surface area contributed by atoms with Crippen molar-refractivity contribution < 1.29 is 23.5 Å². The van der Waals surface area contributed by atoms with Gasteiger partial charge in [0.1, 0.15) is 17.2 Å². The molecule has 0 saturated carbocycles. The molecule has 2 amide bonds. The van der Waals surface area contributed by atoms with Gasteiger partial charge in [-0.15, -0.1) is 11.3 Å². The van der Waals surface area contributed by atoms with Gasteiger partial charge in [-0.3, -0.25) is 19.0 Å². The molecule has 0 fully saturated rings. The first kappa shape index (κ1) is 27.5. The number of anilines is 1. The van der Waals surface area contributed by atoms with Crippen LogP contribution in [0.5, 0.6) is 0 Å². The van der Waals surface area contributed by atoms with E-state index in [1.165, 1.54) is 29.2 Å². The fourth-order valence-corrected chi connectivity index (χ4v) is 5.34. The number of aromatic nitrogens is 2. The van der Waals surface area contributed by atoms with Crippen molar-refractivity contribution in [3.05, 3.63) is 91.2 Å². The van der Waals surface area contributed by atoms with Crippen molar-refractivity contribution in [2.24, 2.45) is 0 Å². The number of nitrogens with zero attached hydrogens (tertiary/aromatic N) is 3. The Hall–Kier alpha value is -4.58. The average Bonchev–Trinajstić information content (AvgIpc) is 3.24. The molecule has 39 heavy (non-hydrogen) atoms. The smallest absolute Gasteiger partial charge is 0.340 e. The Morgan fingerprint density at radius 3 is 2.36 bits per heavy atom. The lowest BCUT2D eigenvalue weighted by atomic mass is 10.2. The van der Waals surface area contributed by atoms with Gasteiger partial charge in [-0.05, 0) is 55.8 Å². The third-order valence-electron chi connectivity index (χ3n) is 5.90. The van der Waals surface area contributed by atoms with Gasteiger partial charge in [0.05, 0.1) is 33.8 Å². The van der Waals surface area contributed by atoms with Crippen LogP contribution in [0, 0.1) is 12.7 Å². The van der Waals surface area contributed by atoms with Crippen LogP contribution in [-0.4, -0.2) is 52.5 Å². The molecule has 0 radical (unpaired) electrons. The van der Waals surface area contributed by atoms with Crippen molar-refractivity contribution in [3.8, 4) is 5.69 Å². The molecule has 0 spiro atoms. The number of carbonyl (C=O) groups is 3. The highest BCUT2D eigenvalue weighted by Gasteiger charge is 2.25. The van der Waals surface area contributed by atoms with Crippen LogP contribution in [0.15, 0.2) is 58.1 Å². The SMILES string of the molecule is CCOC(=O)c1ccccc1NC(=O)Cn1c(=O)n(-c2ccc(F)cc2)c(=O)c2c(C)c(C(=O)N(C)C)sc21. The van der Waals surface area contributed by atoms with Gasteiger partial charge in [0.25, 0.3) is 11.5 Å². The number of amides is 2. The van der Waals surface area contributed by atoms with Crippen LogP contribution in [0.1, 0.15) is 32.5 Å². The molecule has 0 bridgehead atoms. The molecule has 0 saturated heterocycles. The summed E-state index contributed by atoms with van der Waals surface area (Å²) >= 11 is 0.929. The van der Waals surface area contributed by atoms with Crippen molar-refractivity contribution in [1.82, 2.24) is 14.0 Å². The maximum absolute atomic E-state index is 13.7. The van der Waals surface area contributed by atoms with E-state index in [1.54, 1.807) is 40.1 Å². The average molecular weight is 553 g/mol. The van der Waals surface area contributed by atoms with Crippen LogP contribution in [0.25, 0.3) is 15.9 Å². The van der Waals surface area contributed by atoms with Crippen LogP contribution in [0.2, 0.25) is 0 Å². The molecular formula is C27H25FN4O6S. The van der Waals surface area contributed by atoms with Gasteiger partial charge in [-0.25, -0.2) is 18.5 Å². The van der Waals surface area contributed by atoms with Crippen LogP contribution in [0.3, 0.4) is 0 Å².